The average Bonchev–Trinajstić information content (AvgIpc) is 4.38. The van der Waals surface area contributed by atoms with Crippen molar-refractivity contribution >= 4 is 56.2 Å². The number of rotatable bonds is 9. The Kier molecular flexibility index (Phi) is 13.9. The van der Waals surface area contributed by atoms with Gasteiger partial charge < -0.3 is 28.8 Å². The van der Waals surface area contributed by atoms with Crippen LogP contribution in [0, 0.1) is 94.7 Å². The topological polar surface area (TPSA) is 152 Å². The zero-order valence-corrected chi connectivity index (χ0v) is 44.9. The van der Waals surface area contributed by atoms with E-state index in [0.29, 0.717) is 37.0 Å². The lowest BCUT2D eigenvalue weighted by Gasteiger charge is -2.59. The normalized spacial score (nSPS) is 42.8. The number of hydrogen-bond acceptors (Lipinski definition) is 11. The van der Waals surface area contributed by atoms with Crippen molar-refractivity contribution in [1.29, 1.82) is 0 Å². The van der Waals surface area contributed by atoms with Crippen molar-refractivity contribution in [2.75, 3.05) is 0 Å². The van der Waals surface area contributed by atoms with E-state index in [0.717, 1.165) is 55.8 Å². The second-order valence-electron chi connectivity index (χ2n) is 25.3. The maximum atomic E-state index is 13.5. The summed E-state index contributed by atoms with van der Waals surface area (Å²) in [6.45, 7) is 4.65. The van der Waals surface area contributed by atoms with E-state index in [1.807, 2.05) is 6.92 Å². The SMILES string of the molecule is CC(F)(F)C(=O)OC1C2CC3C1OC(=O)C3C2C(=O)OC1(C)C2CC3CC(C2)CC1C3.CC1(OC(=O)C2C3CC4C(OC(=O)C42)C3O)C2CC3CC(C2)CC1C3.[B][B].c1ccc([S+](c2ccccc2)c2ccccc2)cc1. The third-order valence-corrected chi connectivity index (χ3v) is 23.6. The fourth-order valence-electron chi connectivity index (χ4n) is 18.3. The Bertz CT molecular complexity index is 2580. The van der Waals surface area contributed by atoms with E-state index in [-0.39, 0.29) is 58.2 Å². The van der Waals surface area contributed by atoms with Crippen LogP contribution < -0.4 is 0 Å². The molecular formula is C61H69B2F2O11S+. The second kappa shape index (κ2) is 20.1. The molecular weight excluding hydrogens is 1000 g/mol. The highest BCUT2D eigenvalue weighted by Crippen LogP contribution is 2.64. The highest BCUT2D eigenvalue weighted by atomic mass is 32.2. The second-order valence-corrected chi connectivity index (χ2v) is 27.4. The maximum absolute atomic E-state index is 13.5. The van der Waals surface area contributed by atoms with Crippen molar-refractivity contribution in [2.24, 2.45) is 94.7 Å². The van der Waals surface area contributed by atoms with Gasteiger partial charge in [0, 0.05) is 46.1 Å². The number of halogens is 2. The average molecular weight is 1070 g/mol. The van der Waals surface area contributed by atoms with Crippen LogP contribution in [0.2, 0.25) is 0 Å². The lowest BCUT2D eigenvalue weighted by Crippen LogP contribution is -2.59. The van der Waals surface area contributed by atoms with E-state index in [4.69, 9.17) is 23.7 Å². The third-order valence-electron chi connectivity index (χ3n) is 21.4. The number of esters is 5. The number of ether oxygens (including phenoxy) is 5. The van der Waals surface area contributed by atoms with Crippen LogP contribution in [0.25, 0.3) is 0 Å². The van der Waals surface area contributed by atoms with E-state index in [2.05, 4.69) is 113 Å². The Balaban J connectivity index is 0.000000117. The Morgan fingerprint density at radius 1 is 0.558 bits per heavy atom. The van der Waals surface area contributed by atoms with Crippen LogP contribution in [-0.2, 0) is 58.6 Å². The van der Waals surface area contributed by atoms with Gasteiger partial charge in [0.25, 0.3) is 0 Å². The minimum atomic E-state index is -3.65. The molecule has 0 aromatic heterocycles. The first-order valence-corrected chi connectivity index (χ1v) is 29.6. The van der Waals surface area contributed by atoms with E-state index >= 15 is 0 Å². The molecule has 2 aliphatic heterocycles. The highest BCUT2D eigenvalue weighted by molar-refractivity contribution is 7.97. The van der Waals surface area contributed by atoms with Gasteiger partial charge in [-0.2, -0.15) is 8.78 Å². The Hall–Kier alpha value is -4.69. The molecule has 2 saturated heterocycles. The standard InChI is InChI=1S/C23H28F2O6.C20H26O5.C18H15S.B2/c1-22(11-4-9-3-10(6-11)7-12(22)5-9)31-20(27)16-14-8-13-15(16)19(26)29-17(13)18(14)30-21(28)23(2,24)25;1-20(10-3-8-2-9(5-10)6-11(20)4-8)25-19(23)14-12-7-13-15(14)18(22)24-17(13)16(12)21;1-4-10-16(11-5-1)19(17-12-6-2-7-13-17)18-14-8-3-9-15-18;1-2/h9-18H,3-8H2,1-2H3;8-17,21H,2-7H2,1H3;1-15H;/q;;+1;. The first kappa shape index (κ1) is 53.0. The molecule has 12 atom stereocenters. The lowest BCUT2D eigenvalue weighted by atomic mass is 9.50. The zero-order chi connectivity index (χ0) is 53.9. The predicted molar refractivity (Wildman–Crippen MR) is 280 cm³/mol. The molecule has 3 aromatic rings. The van der Waals surface area contributed by atoms with Crippen molar-refractivity contribution in [3.05, 3.63) is 91.0 Å². The molecule has 77 heavy (non-hydrogen) atoms. The van der Waals surface area contributed by atoms with Crippen LogP contribution in [0.1, 0.15) is 97.8 Å². The molecule has 12 aliphatic carbocycles. The number of fused-ring (bicyclic) bond motifs is 2. The summed E-state index contributed by atoms with van der Waals surface area (Å²) in [6.07, 6.45) is 10.0. The molecule has 0 amide bonds. The molecule has 14 aliphatic rings. The molecule has 14 fully saturated rings. The Labute approximate surface area is 455 Å². The molecule has 12 bridgehead atoms. The van der Waals surface area contributed by atoms with Gasteiger partial charge in [0.1, 0.15) is 29.5 Å². The largest absolute Gasteiger partial charge is 0.459 e. The predicted octanol–water partition coefficient (Wildman–Crippen LogP) is 9.05. The summed E-state index contributed by atoms with van der Waals surface area (Å²) >= 11 is 0. The summed E-state index contributed by atoms with van der Waals surface area (Å²) in [5.74, 6) is -5.36. The van der Waals surface area contributed by atoms with Gasteiger partial charge in [-0.15, -0.1) is 0 Å². The summed E-state index contributed by atoms with van der Waals surface area (Å²) in [6, 6.07) is 32.2. The van der Waals surface area contributed by atoms with Crippen LogP contribution >= 0.6 is 0 Å². The smallest absolute Gasteiger partial charge is 0.377 e. The maximum Gasteiger partial charge on any atom is 0.377 e. The van der Waals surface area contributed by atoms with Crippen molar-refractivity contribution in [3.63, 3.8) is 0 Å². The van der Waals surface area contributed by atoms with Crippen LogP contribution in [0.3, 0.4) is 0 Å². The van der Waals surface area contributed by atoms with Gasteiger partial charge in [0.2, 0.25) is 0 Å². The van der Waals surface area contributed by atoms with E-state index < -0.39 is 71.4 Å². The molecule has 4 radical (unpaired) electrons. The number of benzene rings is 3. The number of aliphatic hydroxyl groups is 1. The quantitative estimate of drug-likeness (QED) is 0.0946. The first-order chi connectivity index (χ1) is 37.0. The minimum Gasteiger partial charge on any atom is -0.459 e. The summed E-state index contributed by atoms with van der Waals surface area (Å²) in [5.41, 5.74) is -0.921. The van der Waals surface area contributed by atoms with Crippen LogP contribution in [0.5, 0.6) is 0 Å². The van der Waals surface area contributed by atoms with E-state index in [9.17, 15) is 37.9 Å². The molecule has 11 nitrogen and oxygen atoms in total. The molecule has 3 aromatic carbocycles. The van der Waals surface area contributed by atoms with Gasteiger partial charge >= 0.3 is 35.8 Å². The van der Waals surface area contributed by atoms with Crippen LogP contribution in [0.15, 0.2) is 106 Å². The van der Waals surface area contributed by atoms with Crippen molar-refractivity contribution in [3.8, 4) is 0 Å². The van der Waals surface area contributed by atoms with Crippen molar-refractivity contribution in [2.45, 2.75) is 154 Å². The van der Waals surface area contributed by atoms with Crippen LogP contribution in [0.4, 0.5) is 8.78 Å². The number of alkyl halides is 2. The third kappa shape index (κ3) is 8.98. The van der Waals surface area contributed by atoms with Gasteiger partial charge in [0.05, 0.1) is 40.7 Å². The van der Waals surface area contributed by atoms with Gasteiger partial charge in [-0.1, -0.05) is 54.6 Å². The van der Waals surface area contributed by atoms with Crippen LogP contribution in [-0.4, -0.2) is 92.0 Å². The molecule has 1 N–H and O–H groups in total. The van der Waals surface area contributed by atoms with Gasteiger partial charge in [0.15, 0.2) is 14.7 Å². The molecule has 12 saturated carbocycles. The van der Waals surface area contributed by atoms with Gasteiger partial charge in [-0.05, 0) is 175 Å². The molecule has 2 heterocycles. The summed E-state index contributed by atoms with van der Waals surface area (Å²) < 4.78 is 55.2. The highest BCUT2D eigenvalue weighted by Gasteiger charge is 2.72. The first-order valence-electron chi connectivity index (χ1n) is 28.3. The molecule has 404 valence electrons. The summed E-state index contributed by atoms with van der Waals surface area (Å²) in [5, 5.41) is 10.4. The van der Waals surface area contributed by atoms with Crippen molar-refractivity contribution < 1.29 is 61.5 Å². The molecule has 16 heteroatoms. The monoisotopic (exact) mass is 1070 g/mol. The minimum absolute atomic E-state index is 0.0105. The zero-order valence-electron chi connectivity index (χ0n) is 44.0. The fourth-order valence-corrected chi connectivity index (χ4v) is 20.4. The molecule has 12 unspecified atom stereocenters. The number of hydrogen-bond donors (Lipinski definition) is 1. The number of aliphatic hydroxyl groups excluding tert-OH is 1. The summed E-state index contributed by atoms with van der Waals surface area (Å²) in [4.78, 5) is 67.3. The van der Waals surface area contributed by atoms with E-state index in [1.54, 1.807) is 0 Å². The molecule has 0 spiro atoms. The van der Waals surface area contributed by atoms with Gasteiger partial charge in [-0.3, -0.25) is 19.2 Å². The Morgan fingerprint density at radius 2 is 0.909 bits per heavy atom. The van der Waals surface area contributed by atoms with Gasteiger partial charge in [-0.25, -0.2) is 4.79 Å². The fraction of sp³-hybridized carbons (Fsp3) is 0.623. The van der Waals surface area contributed by atoms with Crippen molar-refractivity contribution in [1.82, 2.24) is 0 Å². The lowest BCUT2D eigenvalue weighted by molar-refractivity contribution is -0.212. The number of carbonyl (C=O) groups is 5. The molecule has 17 rings (SSSR count). The Morgan fingerprint density at radius 3 is 1.30 bits per heavy atom. The number of carbonyl (C=O) groups excluding carboxylic acids is 5. The van der Waals surface area contributed by atoms with E-state index in [1.165, 1.54) is 53.2 Å². The summed E-state index contributed by atoms with van der Waals surface area (Å²) in [7, 11) is 7.99.